The van der Waals surface area contributed by atoms with Crippen molar-refractivity contribution >= 4 is 5.91 Å². The van der Waals surface area contributed by atoms with E-state index in [2.05, 4.69) is 19.2 Å². The molecule has 1 aliphatic carbocycles. The first-order valence-electron chi connectivity index (χ1n) is 6.71. The average Bonchev–Trinajstić information content (AvgIpc) is 2.23. The number of nitrogens with one attached hydrogen (secondary N) is 1. The van der Waals surface area contributed by atoms with Gasteiger partial charge < -0.3 is 11.1 Å². The summed E-state index contributed by atoms with van der Waals surface area (Å²) in [5.41, 5.74) is 5.84. The summed E-state index contributed by atoms with van der Waals surface area (Å²) in [6.45, 7) is 4.49. The van der Waals surface area contributed by atoms with Crippen LogP contribution in [-0.2, 0) is 4.79 Å². The van der Waals surface area contributed by atoms with Crippen molar-refractivity contribution in [2.75, 3.05) is 6.54 Å². The van der Waals surface area contributed by atoms with Crippen LogP contribution in [0.1, 0.15) is 46.0 Å². The Labute approximate surface area is 107 Å². The van der Waals surface area contributed by atoms with Gasteiger partial charge in [-0.05, 0) is 25.2 Å². The van der Waals surface area contributed by atoms with Crippen LogP contribution in [0.25, 0.3) is 0 Å². The fraction of sp³-hybridized carbons (Fsp3) is 0.923. The number of alkyl halides is 2. The first kappa shape index (κ1) is 15.3. The number of hydrogen-bond donors (Lipinski definition) is 2. The maximum Gasteiger partial charge on any atom is 0.248 e. The quantitative estimate of drug-likeness (QED) is 0.798. The number of hydrogen-bond acceptors (Lipinski definition) is 2. The van der Waals surface area contributed by atoms with Crippen LogP contribution in [0.2, 0.25) is 0 Å². The van der Waals surface area contributed by atoms with E-state index >= 15 is 0 Å². The molecule has 1 rings (SSSR count). The molecule has 1 saturated carbocycles. The second kappa shape index (κ2) is 6.45. The number of nitrogens with two attached hydrogens (primary N) is 1. The van der Waals surface area contributed by atoms with Crippen LogP contribution in [0.3, 0.4) is 0 Å². The van der Waals surface area contributed by atoms with Crippen LogP contribution < -0.4 is 11.1 Å². The molecule has 1 fully saturated rings. The van der Waals surface area contributed by atoms with Crippen molar-refractivity contribution in [3.8, 4) is 0 Å². The van der Waals surface area contributed by atoms with E-state index in [0.717, 1.165) is 6.42 Å². The van der Waals surface area contributed by atoms with Gasteiger partial charge in [0.05, 0.1) is 0 Å². The highest BCUT2D eigenvalue weighted by Gasteiger charge is 2.39. The summed E-state index contributed by atoms with van der Waals surface area (Å²) in [5, 5.41) is 2.70. The predicted molar refractivity (Wildman–Crippen MR) is 67.3 cm³/mol. The molecule has 106 valence electrons. The second-order valence-electron chi connectivity index (χ2n) is 5.78. The normalized spacial score (nSPS) is 24.9. The maximum atomic E-state index is 13.2. The van der Waals surface area contributed by atoms with E-state index in [0.29, 0.717) is 25.3 Å². The molecule has 0 spiro atoms. The molecule has 2 unspecified atom stereocenters. The Morgan fingerprint density at radius 2 is 2.17 bits per heavy atom. The van der Waals surface area contributed by atoms with Crippen LogP contribution in [0, 0.1) is 11.8 Å². The molecule has 0 heterocycles. The van der Waals surface area contributed by atoms with Crippen molar-refractivity contribution in [2.24, 2.45) is 17.6 Å². The van der Waals surface area contributed by atoms with Gasteiger partial charge in [0.25, 0.3) is 0 Å². The molecular weight excluding hydrogens is 238 g/mol. The largest absolute Gasteiger partial charge is 0.354 e. The Morgan fingerprint density at radius 3 is 2.72 bits per heavy atom. The Bertz CT molecular complexity index is 282. The first-order valence-corrected chi connectivity index (χ1v) is 6.71. The Morgan fingerprint density at radius 1 is 1.50 bits per heavy atom. The molecule has 1 amide bonds. The molecular formula is C13H24F2N2O. The average molecular weight is 262 g/mol. The van der Waals surface area contributed by atoms with Gasteiger partial charge in [-0.3, -0.25) is 4.79 Å². The molecule has 18 heavy (non-hydrogen) atoms. The van der Waals surface area contributed by atoms with Gasteiger partial charge in [0.15, 0.2) is 0 Å². The topological polar surface area (TPSA) is 55.1 Å². The first-order chi connectivity index (χ1) is 8.30. The van der Waals surface area contributed by atoms with E-state index in [-0.39, 0.29) is 24.8 Å². The third-order valence-corrected chi connectivity index (χ3v) is 3.32. The van der Waals surface area contributed by atoms with Gasteiger partial charge in [0.1, 0.15) is 0 Å². The van der Waals surface area contributed by atoms with Gasteiger partial charge in [0.2, 0.25) is 11.8 Å². The highest BCUT2D eigenvalue weighted by molar-refractivity contribution is 5.78. The molecule has 0 aromatic rings. The lowest BCUT2D eigenvalue weighted by Crippen LogP contribution is -2.43. The lowest BCUT2D eigenvalue weighted by atomic mass is 9.86. The van der Waals surface area contributed by atoms with Crippen molar-refractivity contribution in [1.29, 1.82) is 0 Å². The number of halogens is 2. The monoisotopic (exact) mass is 262 g/mol. The minimum Gasteiger partial charge on any atom is -0.354 e. The van der Waals surface area contributed by atoms with Gasteiger partial charge in [-0.2, -0.15) is 0 Å². The molecule has 0 radical (unpaired) electrons. The molecule has 0 bridgehead atoms. The lowest BCUT2D eigenvalue weighted by Gasteiger charge is -2.28. The molecule has 0 aliphatic heterocycles. The molecule has 0 aromatic heterocycles. The van der Waals surface area contributed by atoms with E-state index in [1.807, 2.05) is 0 Å². The van der Waals surface area contributed by atoms with Crippen molar-refractivity contribution in [1.82, 2.24) is 5.32 Å². The molecule has 3 N–H and O–H groups in total. The van der Waals surface area contributed by atoms with Crippen molar-refractivity contribution in [2.45, 2.75) is 57.9 Å². The third kappa shape index (κ3) is 5.29. The van der Waals surface area contributed by atoms with Gasteiger partial charge in [-0.15, -0.1) is 0 Å². The van der Waals surface area contributed by atoms with Crippen molar-refractivity contribution in [3.05, 3.63) is 0 Å². The van der Waals surface area contributed by atoms with Crippen LogP contribution >= 0.6 is 0 Å². The molecule has 1 aliphatic rings. The number of rotatable bonds is 5. The van der Waals surface area contributed by atoms with Crippen LogP contribution in [-0.4, -0.2) is 24.4 Å². The minimum atomic E-state index is -2.68. The highest BCUT2D eigenvalue weighted by atomic mass is 19.3. The number of carbonyl (C=O) groups is 1. The zero-order valence-corrected chi connectivity index (χ0v) is 11.2. The van der Waals surface area contributed by atoms with Crippen LogP contribution in [0.15, 0.2) is 0 Å². The Balaban J connectivity index is 2.32. The third-order valence-electron chi connectivity index (χ3n) is 3.32. The van der Waals surface area contributed by atoms with E-state index in [4.69, 9.17) is 5.73 Å². The smallest absolute Gasteiger partial charge is 0.248 e. The summed E-state index contributed by atoms with van der Waals surface area (Å²) in [6.07, 6.45) is 1.38. The molecule has 3 nitrogen and oxygen atoms in total. The van der Waals surface area contributed by atoms with Crippen LogP contribution in [0.5, 0.6) is 0 Å². The van der Waals surface area contributed by atoms with Gasteiger partial charge >= 0.3 is 0 Å². The van der Waals surface area contributed by atoms with E-state index < -0.39 is 11.8 Å². The van der Waals surface area contributed by atoms with Gasteiger partial charge in [-0.1, -0.05) is 13.8 Å². The summed E-state index contributed by atoms with van der Waals surface area (Å²) < 4.78 is 26.4. The Hall–Kier alpha value is -0.710. The second-order valence-corrected chi connectivity index (χ2v) is 5.78. The summed E-state index contributed by atoms with van der Waals surface area (Å²) >= 11 is 0. The Kier molecular flexibility index (Phi) is 5.50. The minimum absolute atomic E-state index is 0.0936. The fourth-order valence-electron chi connectivity index (χ4n) is 2.46. The standard InChI is InChI=1S/C13H24F2N2O/c1-9(2)6-11(16)8-17-12(18)10-4-3-5-13(14,15)7-10/h9-11H,3-8,16H2,1-2H3,(H,17,18). The fourth-order valence-corrected chi connectivity index (χ4v) is 2.46. The van der Waals surface area contributed by atoms with Crippen molar-refractivity contribution < 1.29 is 13.6 Å². The maximum absolute atomic E-state index is 13.2. The van der Waals surface area contributed by atoms with Crippen LogP contribution in [0.4, 0.5) is 8.78 Å². The number of carbonyl (C=O) groups excluding carboxylic acids is 1. The molecule has 2 atom stereocenters. The SMILES string of the molecule is CC(C)CC(N)CNC(=O)C1CCCC(F)(F)C1. The lowest BCUT2D eigenvalue weighted by molar-refractivity contribution is -0.132. The van der Waals surface area contributed by atoms with E-state index in [9.17, 15) is 13.6 Å². The zero-order chi connectivity index (χ0) is 13.8. The predicted octanol–water partition coefficient (Wildman–Crippen LogP) is 2.30. The summed E-state index contributed by atoms with van der Waals surface area (Å²) in [6, 6.07) is -0.0990. The molecule has 0 saturated heterocycles. The summed E-state index contributed by atoms with van der Waals surface area (Å²) in [4.78, 5) is 11.8. The summed E-state index contributed by atoms with van der Waals surface area (Å²) in [5.74, 6) is -3.04. The molecule has 0 aromatic carbocycles. The molecule has 5 heteroatoms. The van der Waals surface area contributed by atoms with Gasteiger partial charge in [0, 0.05) is 31.3 Å². The zero-order valence-electron chi connectivity index (χ0n) is 11.2. The van der Waals surface area contributed by atoms with Gasteiger partial charge in [-0.25, -0.2) is 8.78 Å². The van der Waals surface area contributed by atoms with Crippen molar-refractivity contribution in [3.63, 3.8) is 0 Å². The highest BCUT2D eigenvalue weighted by Crippen LogP contribution is 2.36. The number of amides is 1. The van der Waals surface area contributed by atoms with E-state index in [1.165, 1.54) is 0 Å². The van der Waals surface area contributed by atoms with E-state index in [1.54, 1.807) is 0 Å². The summed E-state index contributed by atoms with van der Waals surface area (Å²) in [7, 11) is 0.